The molecule has 9 heavy (non-hydrogen) atoms. The summed E-state index contributed by atoms with van der Waals surface area (Å²) in [5.41, 5.74) is 0. The van der Waals surface area contributed by atoms with E-state index in [0.29, 0.717) is 0 Å². The van der Waals surface area contributed by atoms with Crippen molar-refractivity contribution in [2.24, 2.45) is 0 Å². The number of hydrogen-bond donors (Lipinski definition) is 0. The Bertz CT molecular complexity index is 91.1. The zero-order chi connectivity index (χ0) is 6.53. The summed E-state index contributed by atoms with van der Waals surface area (Å²) in [4.78, 5) is 10.7. The number of rotatable bonds is 0. The van der Waals surface area contributed by atoms with Crippen LogP contribution in [0.2, 0.25) is 0 Å². The van der Waals surface area contributed by atoms with Crippen LogP contribution >= 0.6 is 11.8 Å². The van der Waals surface area contributed by atoms with E-state index in [1.165, 1.54) is 31.0 Å². The predicted molar refractivity (Wildman–Crippen MR) is 40.2 cm³/mol. The van der Waals surface area contributed by atoms with Crippen molar-refractivity contribution in [3.63, 3.8) is 0 Å². The highest BCUT2D eigenvalue weighted by molar-refractivity contribution is 8.13. The molecule has 1 radical (unpaired) electrons. The molecule has 0 saturated carbocycles. The SMILES string of the molecule is O=C1[CH]CCCCCS1. The van der Waals surface area contributed by atoms with Gasteiger partial charge in [-0.2, -0.15) is 0 Å². The van der Waals surface area contributed by atoms with Gasteiger partial charge in [-0.05, 0) is 12.8 Å². The fraction of sp³-hybridized carbons (Fsp3) is 0.714. The van der Waals surface area contributed by atoms with Crippen LogP contribution in [0, 0.1) is 6.42 Å². The van der Waals surface area contributed by atoms with Crippen molar-refractivity contribution in [1.29, 1.82) is 0 Å². The second-order valence-electron chi connectivity index (χ2n) is 2.22. The highest BCUT2D eigenvalue weighted by atomic mass is 32.2. The molecule has 0 amide bonds. The summed E-state index contributed by atoms with van der Waals surface area (Å²) in [7, 11) is 0. The lowest BCUT2D eigenvalue weighted by molar-refractivity contribution is -0.108. The van der Waals surface area contributed by atoms with E-state index in [1.54, 1.807) is 0 Å². The van der Waals surface area contributed by atoms with E-state index < -0.39 is 0 Å². The van der Waals surface area contributed by atoms with Gasteiger partial charge in [0.2, 0.25) is 0 Å². The molecular formula is C7H11OS. The Hall–Kier alpha value is 0.0200. The van der Waals surface area contributed by atoms with E-state index in [9.17, 15) is 4.79 Å². The highest BCUT2D eigenvalue weighted by Gasteiger charge is 2.05. The molecule has 1 rings (SSSR count). The van der Waals surface area contributed by atoms with Crippen molar-refractivity contribution in [2.45, 2.75) is 25.7 Å². The van der Waals surface area contributed by atoms with E-state index in [2.05, 4.69) is 0 Å². The molecule has 0 aromatic carbocycles. The van der Waals surface area contributed by atoms with Gasteiger partial charge < -0.3 is 0 Å². The zero-order valence-corrected chi connectivity index (χ0v) is 6.25. The van der Waals surface area contributed by atoms with E-state index in [1.807, 2.05) is 6.42 Å². The van der Waals surface area contributed by atoms with Crippen LogP contribution in [-0.4, -0.2) is 10.9 Å². The molecule has 1 heterocycles. The summed E-state index contributed by atoms with van der Waals surface area (Å²) < 4.78 is 0. The molecule has 1 aliphatic heterocycles. The van der Waals surface area contributed by atoms with Crippen molar-refractivity contribution in [1.82, 2.24) is 0 Å². The lowest BCUT2D eigenvalue weighted by Crippen LogP contribution is -1.98. The van der Waals surface area contributed by atoms with Gasteiger partial charge in [0, 0.05) is 12.2 Å². The van der Waals surface area contributed by atoms with Crippen LogP contribution in [0.25, 0.3) is 0 Å². The second kappa shape index (κ2) is 3.94. The normalized spacial score (nSPS) is 22.9. The predicted octanol–water partition coefficient (Wildman–Crippen LogP) is 2.02. The first-order chi connectivity index (χ1) is 4.39. The Kier molecular flexibility index (Phi) is 3.12. The van der Waals surface area contributed by atoms with Gasteiger partial charge in [0.25, 0.3) is 0 Å². The number of thioether (sulfide) groups is 1. The van der Waals surface area contributed by atoms with Gasteiger partial charge >= 0.3 is 0 Å². The zero-order valence-electron chi connectivity index (χ0n) is 5.43. The van der Waals surface area contributed by atoms with E-state index in [4.69, 9.17) is 0 Å². The molecule has 1 aliphatic rings. The van der Waals surface area contributed by atoms with Gasteiger partial charge in [0.1, 0.15) is 0 Å². The summed E-state index contributed by atoms with van der Waals surface area (Å²) >= 11 is 1.46. The lowest BCUT2D eigenvalue weighted by atomic mass is 10.2. The Balaban J connectivity index is 2.20. The van der Waals surface area contributed by atoms with E-state index in [0.717, 1.165) is 12.2 Å². The van der Waals surface area contributed by atoms with Gasteiger partial charge in [-0.3, -0.25) is 4.79 Å². The minimum Gasteiger partial charge on any atom is -0.287 e. The van der Waals surface area contributed by atoms with Crippen LogP contribution in [-0.2, 0) is 4.79 Å². The van der Waals surface area contributed by atoms with Crippen molar-refractivity contribution < 1.29 is 4.79 Å². The largest absolute Gasteiger partial charge is 0.287 e. The fourth-order valence-electron chi connectivity index (χ4n) is 0.875. The Morgan fingerprint density at radius 2 is 2.22 bits per heavy atom. The molecule has 0 N–H and O–H groups in total. The summed E-state index contributed by atoms with van der Waals surface area (Å²) in [6, 6.07) is 0. The number of carbonyl (C=O) groups excluding carboxylic acids is 1. The smallest absolute Gasteiger partial charge is 0.192 e. The first-order valence-electron chi connectivity index (χ1n) is 3.39. The maximum Gasteiger partial charge on any atom is 0.192 e. The monoisotopic (exact) mass is 143 g/mol. The van der Waals surface area contributed by atoms with Gasteiger partial charge in [-0.25, -0.2) is 0 Å². The molecule has 0 bridgehead atoms. The van der Waals surface area contributed by atoms with Gasteiger partial charge in [0.05, 0.1) is 0 Å². The molecule has 51 valence electrons. The topological polar surface area (TPSA) is 17.1 Å². The lowest BCUT2D eigenvalue weighted by Gasteiger charge is -2.04. The average Bonchev–Trinajstić information content (AvgIpc) is 1.79. The molecule has 2 heteroatoms. The highest BCUT2D eigenvalue weighted by Crippen LogP contribution is 2.16. The first kappa shape index (κ1) is 7.13. The standard InChI is InChI=1S/C7H11OS/c8-7-5-3-1-2-4-6-9-7/h5H,1-4,6H2. The molecular weight excluding hydrogens is 132 g/mol. The molecule has 0 aliphatic carbocycles. The molecule has 1 saturated heterocycles. The number of carbonyl (C=O) groups is 1. The molecule has 0 aromatic rings. The minimum absolute atomic E-state index is 0.273. The number of hydrogen-bond acceptors (Lipinski definition) is 2. The Morgan fingerprint density at radius 1 is 1.33 bits per heavy atom. The fourth-order valence-corrected chi connectivity index (χ4v) is 1.66. The second-order valence-corrected chi connectivity index (χ2v) is 3.32. The molecule has 0 spiro atoms. The van der Waals surface area contributed by atoms with Crippen molar-refractivity contribution in [3.05, 3.63) is 6.42 Å². The first-order valence-corrected chi connectivity index (χ1v) is 4.38. The van der Waals surface area contributed by atoms with Gasteiger partial charge in [0.15, 0.2) is 5.12 Å². The molecule has 1 fully saturated rings. The molecule has 0 aromatic heterocycles. The van der Waals surface area contributed by atoms with Crippen molar-refractivity contribution in [2.75, 3.05) is 5.75 Å². The third kappa shape index (κ3) is 2.89. The van der Waals surface area contributed by atoms with E-state index in [-0.39, 0.29) is 5.12 Å². The third-order valence-corrected chi connectivity index (χ3v) is 2.35. The molecule has 1 nitrogen and oxygen atoms in total. The quantitative estimate of drug-likeness (QED) is 0.516. The van der Waals surface area contributed by atoms with E-state index >= 15 is 0 Å². The Morgan fingerprint density at radius 3 is 3.11 bits per heavy atom. The molecule has 0 unspecified atom stereocenters. The van der Waals surface area contributed by atoms with Crippen LogP contribution in [0.3, 0.4) is 0 Å². The maximum absolute atomic E-state index is 10.7. The minimum atomic E-state index is 0.273. The van der Waals surface area contributed by atoms with Crippen LogP contribution in [0.5, 0.6) is 0 Å². The van der Waals surface area contributed by atoms with Crippen LogP contribution in [0.4, 0.5) is 0 Å². The third-order valence-electron chi connectivity index (χ3n) is 1.40. The average molecular weight is 143 g/mol. The summed E-state index contributed by atoms with van der Waals surface area (Å²) in [6.45, 7) is 0. The maximum atomic E-state index is 10.7. The Labute approximate surface area is 60.2 Å². The summed E-state index contributed by atoms with van der Waals surface area (Å²) in [6.07, 6.45) is 6.50. The van der Waals surface area contributed by atoms with Crippen LogP contribution in [0.1, 0.15) is 25.7 Å². The van der Waals surface area contributed by atoms with Gasteiger partial charge in [-0.1, -0.05) is 24.6 Å². The van der Waals surface area contributed by atoms with Crippen molar-refractivity contribution in [3.8, 4) is 0 Å². The van der Waals surface area contributed by atoms with Crippen LogP contribution < -0.4 is 0 Å². The summed E-state index contributed by atoms with van der Waals surface area (Å²) in [5, 5.41) is 0.273. The van der Waals surface area contributed by atoms with Crippen molar-refractivity contribution >= 4 is 16.9 Å². The van der Waals surface area contributed by atoms with Crippen LogP contribution in [0.15, 0.2) is 0 Å². The summed E-state index contributed by atoms with van der Waals surface area (Å²) in [5.74, 6) is 1.02. The van der Waals surface area contributed by atoms with Gasteiger partial charge in [-0.15, -0.1) is 0 Å². The molecule has 0 atom stereocenters.